The second-order valence-electron chi connectivity index (χ2n) is 3.74. The van der Waals surface area contributed by atoms with Crippen molar-refractivity contribution in [3.8, 4) is 0 Å². The average Bonchev–Trinajstić information content (AvgIpc) is 2.77. The van der Waals surface area contributed by atoms with Gasteiger partial charge in [0, 0.05) is 23.8 Å². The van der Waals surface area contributed by atoms with Crippen LogP contribution < -0.4 is 10.5 Å². The highest BCUT2D eigenvalue weighted by Gasteiger charge is 2.12. The van der Waals surface area contributed by atoms with Crippen LogP contribution in [-0.4, -0.2) is 24.7 Å². The van der Waals surface area contributed by atoms with Crippen LogP contribution in [0.5, 0.6) is 0 Å². The summed E-state index contributed by atoms with van der Waals surface area (Å²) in [7, 11) is -3.76. The van der Waals surface area contributed by atoms with E-state index in [0.717, 1.165) is 0 Å². The van der Waals surface area contributed by atoms with Gasteiger partial charge in [-0.05, 0) is 24.3 Å². The molecule has 0 radical (unpaired) electrons. The molecule has 1 aromatic heterocycles. The lowest BCUT2D eigenvalue weighted by Crippen LogP contribution is -2.18. The molecule has 2 aromatic rings. The van der Waals surface area contributed by atoms with E-state index in [1.807, 2.05) is 0 Å². The second kappa shape index (κ2) is 5.55. The van der Waals surface area contributed by atoms with Crippen molar-refractivity contribution in [2.45, 2.75) is 11.4 Å². The van der Waals surface area contributed by atoms with Crippen LogP contribution in [0.25, 0.3) is 0 Å². The summed E-state index contributed by atoms with van der Waals surface area (Å²) in [4.78, 5) is 0.413. The molecule has 0 aliphatic rings. The van der Waals surface area contributed by atoms with E-state index in [1.165, 1.54) is 35.6 Å². The molecule has 8 heteroatoms. The standard InChI is InChI=1S/C11H13N3O3S2/c12-9-1-3-10(4-2-9)19(16,17)13-11-14(5-7-15)6-8-18-11/h1-4,6,8,15H,5,7,12H2/b13-11-. The summed E-state index contributed by atoms with van der Waals surface area (Å²) in [6.07, 6.45) is 1.68. The third-order valence-electron chi connectivity index (χ3n) is 2.38. The van der Waals surface area contributed by atoms with Gasteiger partial charge in [0.25, 0.3) is 10.0 Å². The quantitative estimate of drug-likeness (QED) is 0.799. The normalized spacial score (nSPS) is 12.8. The average molecular weight is 299 g/mol. The molecule has 102 valence electrons. The predicted molar refractivity (Wildman–Crippen MR) is 73.0 cm³/mol. The summed E-state index contributed by atoms with van der Waals surface area (Å²) in [6, 6.07) is 5.85. The molecule has 6 nitrogen and oxygen atoms in total. The molecule has 0 bridgehead atoms. The van der Waals surface area contributed by atoms with Gasteiger partial charge in [-0.3, -0.25) is 0 Å². The van der Waals surface area contributed by atoms with Gasteiger partial charge in [-0.25, -0.2) is 0 Å². The number of aromatic nitrogens is 1. The first-order valence-corrected chi connectivity index (χ1v) is 7.76. The molecule has 0 spiro atoms. The molecule has 0 atom stereocenters. The highest BCUT2D eigenvalue weighted by Crippen LogP contribution is 2.13. The monoisotopic (exact) mass is 299 g/mol. The fourth-order valence-corrected chi connectivity index (χ4v) is 3.42. The first-order valence-electron chi connectivity index (χ1n) is 5.44. The largest absolute Gasteiger partial charge is 0.399 e. The van der Waals surface area contributed by atoms with E-state index in [2.05, 4.69) is 4.40 Å². The number of nitrogen functional groups attached to an aromatic ring is 1. The Labute approximate surface area is 114 Å². The van der Waals surface area contributed by atoms with Crippen LogP contribution in [0.15, 0.2) is 45.1 Å². The van der Waals surface area contributed by atoms with Crippen molar-refractivity contribution in [1.82, 2.24) is 4.57 Å². The number of hydrogen-bond donors (Lipinski definition) is 2. The van der Waals surface area contributed by atoms with E-state index < -0.39 is 10.0 Å². The van der Waals surface area contributed by atoms with Gasteiger partial charge in [-0.2, -0.15) is 8.42 Å². The van der Waals surface area contributed by atoms with Crippen LogP contribution in [-0.2, 0) is 16.6 Å². The van der Waals surface area contributed by atoms with Gasteiger partial charge in [0.1, 0.15) is 0 Å². The van der Waals surface area contributed by atoms with Gasteiger partial charge < -0.3 is 15.4 Å². The van der Waals surface area contributed by atoms with Gasteiger partial charge in [0.15, 0.2) is 0 Å². The molecule has 2 rings (SSSR count). The number of nitrogens with two attached hydrogens (primary N) is 1. The van der Waals surface area contributed by atoms with Crippen LogP contribution in [0.2, 0.25) is 0 Å². The predicted octanol–water partition coefficient (Wildman–Crippen LogP) is 0.414. The van der Waals surface area contributed by atoms with Gasteiger partial charge in [0.05, 0.1) is 11.5 Å². The molecular weight excluding hydrogens is 286 g/mol. The maximum Gasteiger partial charge on any atom is 0.285 e. The molecule has 0 saturated carbocycles. The lowest BCUT2D eigenvalue weighted by Gasteiger charge is -2.00. The lowest BCUT2D eigenvalue weighted by molar-refractivity contribution is 0.275. The molecule has 0 aliphatic heterocycles. The second-order valence-corrected chi connectivity index (χ2v) is 6.22. The number of sulfonamides is 1. The number of rotatable bonds is 4. The molecule has 1 heterocycles. The zero-order chi connectivity index (χ0) is 13.9. The molecule has 0 saturated heterocycles. The van der Waals surface area contributed by atoms with Crippen molar-refractivity contribution in [1.29, 1.82) is 0 Å². The third-order valence-corrected chi connectivity index (χ3v) is 4.57. The number of nitrogens with zero attached hydrogens (tertiary/aromatic N) is 2. The summed E-state index contributed by atoms with van der Waals surface area (Å²) < 4.78 is 29.5. The van der Waals surface area contributed by atoms with E-state index in [1.54, 1.807) is 16.1 Å². The minimum absolute atomic E-state index is 0.0775. The fourth-order valence-electron chi connectivity index (χ4n) is 1.44. The third kappa shape index (κ3) is 3.22. The van der Waals surface area contributed by atoms with E-state index in [9.17, 15) is 8.42 Å². The van der Waals surface area contributed by atoms with Crippen LogP contribution >= 0.6 is 11.3 Å². The smallest absolute Gasteiger partial charge is 0.285 e. The number of anilines is 1. The molecule has 3 N–H and O–H groups in total. The zero-order valence-corrected chi connectivity index (χ0v) is 11.6. The molecule has 1 aromatic carbocycles. The zero-order valence-electron chi connectivity index (χ0n) is 9.93. The number of hydrogen-bond acceptors (Lipinski definition) is 5. The lowest BCUT2D eigenvalue weighted by atomic mass is 10.3. The first kappa shape index (κ1) is 13.8. The Morgan fingerprint density at radius 3 is 2.63 bits per heavy atom. The van der Waals surface area contributed by atoms with Crippen molar-refractivity contribution in [2.24, 2.45) is 4.40 Å². The topological polar surface area (TPSA) is 97.7 Å². The Hall–Kier alpha value is -1.64. The van der Waals surface area contributed by atoms with Crippen LogP contribution in [0.1, 0.15) is 0 Å². The van der Waals surface area contributed by atoms with Crippen LogP contribution in [0, 0.1) is 0 Å². The van der Waals surface area contributed by atoms with Crippen molar-refractivity contribution in [2.75, 3.05) is 12.3 Å². The summed E-state index contributed by atoms with van der Waals surface area (Å²) in [5.74, 6) is 0. The minimum Gasteiger partial charge on any atom is -0.399 e. The Balaban J connectivity index is 2.45. The molecule has 19 heavy (non-hydrogen) atoms. The first-order chi connectivity index (χ1) is 9.03. The number of benzene rings is 1. The Morgan fingerprint density at radius 2 is 2.00 bits per heavy atom. The maximum atomic E-state index is 12.1. The van der Waals surface area contributed by atoms with Gasteiger partial charge in [0.2, 0.25) is 4.80 Å². The Morgan fingerprint density at radius 1 is 1.32 bits per heavy atom. The highest BCUT2D eigenvalue weighted by atomic mass is 32.2. The number of aliphatic hydroxyl groups is 1. The van der Waals surface area contributed by atoms with Gasteiger partial charge >= 0.3 is 0 Å². The fraction of sp³-hybridized carbons (Fsp3) is 0.182. The van der Waals surface area contributed by atoms with Crippen molar-refractivity contribution in [3.63, 3.8) is 0 Å². The summed E-state index contributed by atoms with van der Waals surface area (Å²) in [5.41, 5.74) is 6.01. The van der Waals surface area contributed by atoms with Crippen LogP contribution in [0.4, 0.5) is 5.69 Å². The van der Waals surface area contributed by atoms with Gasteiger partial charge in [-0.1, -0.05) is 0 Å². The minimum atomic E-state index is -3.76. The van der Waals surface area contributed by atoms with Gasteiger partial charge in [-0.15, -0.1) is 15.7 Å². The van der Waals surface area contributed by atoms with Crippen molar-refractivity contribution in [3.05, 3.63) is 40.6 Å². The summed E-state index contributed by atoms with van der Waals surface area (Å²) in [6.45, 7) is 0.228. The van der Waals surface area contributed by atoms with E-state index in [-0.39, 0.29) is 11.5 Å². The molecular formula is C11H13N3O3S2. The maximum absolute atomic E-state index is 12.1. The number of aliphatic hydroxyl groups excluding tert-OH is 1. The summed E-state index contributed by atoms with van der Waals surface area (Å²) in [5, 5.41) is 10.6. The molecule has 0 fully saturated rings. The summed E-state index contributed by atoms with van der Waals surface area (Å²) >= 11 is 1.20. The van der Waals surface area contributed by atoms with Crippen molar-refractivity contribution < 1.29 is 13.5 Å². The SMILES string of the molecule is Nc1ccc(S(=O)(=O)/N=c2\sccn2CCO)cc1. The van der Waals surface area contributed by atoms with E-state index in [4.69, 9.17) is 10.8 Å². The Bertz CT molecular complexity index is 714. The molecule has 0 aliphatic carbocycles. The van der Waals surface area contributed by atoms with Crippen molar-refractivity contribution >= 4 is 27.0 Å². The van der Waals surface area contributed by atoms with Crippen LogP contribution in [0.3, 0.4) is 0 Å². The van der Waals surface area contributed by atoms with E-state index >= 15 is 0 Å². The van der Waals surface area contributed by atoms with E-state index in [0.29, 0.717) is 17.0 Å². The Kier molecular flexibility index (Phi) is 4.03. The number of thiazole rings is 1. The molecule has 0 amide bonds. The molecule has 0 unspecified atom stereocenters. The highest BCUT2D eigenvalue weighted by molar-refractivity contribution is 7.90.